The number of likely N-dealkylation sites (N-methyl/N-ethyl adjacent to an activating group) is 1. The molecule has 0 fully saturated rings. The first-order chi connectivity index (χ1) is 15.7. The zero-order valence-corrected chi connectivity index (χ0v) is 19.0. The Morgan fingerprint density at radius 2 is 1.97 bits per heavy atom. The Kier molecular flexibility index (Phi) is 6.35. The lowest BCUT2D eigenvalue weighted by atomic mass is 10.1. The topological polar surface area (TPSA) is 99.7 Å². The fourth-order valence-corrected chi connectivity index (χ4v) is 3.75. The van der Waals surface area contributed by atoms with Crippen LogP contribution in [0.15, 0.2) is 54.7 Å². The monoisotopic (exact) mass is 470 g/mol. The first-order valence-corrected chi connectivity index (χ1v) is 10.7. The van der Waals surface area contributed by atoms with Crippen molar-refractivity contribution in [3.8, 4) is 11.8 Å². The zero-order chi connectivity index (χ0) is 23.6. The Balaban J connectivity index is 1.27. The van der Waals surface area contributed by atoms with E-state index in [0.717, 1.165) is 5.56 Å². The summed E-state index contributed by atoms with van der Waals surface area (Å²) < 4.78 is 13.3. The molecule has 9 nitrogen and oxygen atoms in total. The maximum Gasteiger partial charge on any atom is 0.415 e. The molecule has 0 spiro atoms. The highest BCUT2D eigenvalue weighted by atomic mass is 35.5. The van der Waals surface area contributed by atoms with Crippen LogP contribution in [0.4, 0.5) is 5.82 Å². The number of imidazole rings is 1. The Bertz CT molecular complexity index is 1140. The third-order valence-electron chi connectivity index (χ3n) is 5.26. The molecule has 4 rings (SSSR count). The summed E-state index contributed by atoms with van der Waals surface area (Å²) in [7, 11) is 1.89. The van der Waals surface area contributed by atoms with Crippen LogP contribution < -0.4 is 9.47 Å². The van der Waals surface area contributed by atoms with Crippen molar-refractivity contribution in [2.24, 2.45) is 0 Å². The SMILES string of the molecule is CN(CC(=O)c1ccc(Cl)cc1)Cc1ccc(OC[C@@]2(C)Cn3cc([N+](=O)[O-])nc3O2)cc1. The fourth-order valence-electron chi connectivity index (χ4n) is 3.62. The highest BCUT2D eigenvalue weighted by molar-refractivity contribution is 6.30. The van der Waals surface area contributed by atoms with E-state index in [4.69, 9.17) is 21.1 Å². The molecule has 0 N–H and O–H groups in total. The summed E-state index contributed by atoms with van der Waals surface area (Å²) in [6.07, 6.45) is 1.36. The van der Waals surface area contributed by atoms with Gasteiger partial charge >= 0.3 is 11.8 Å². The summed E-state index contributed by atoms with van der Waals surface area (Å²) in [5.41, 5.74) is 1.01. The van der Waals surface area contributed by atoms with Crippen LogP contribution in [-0.4, -0.2) is 51.0 Å². The molecule has 172 valence electrons. The highest BCUT2D eigenvalue weighted by Gasteiger charge is 2.41. The van der Waals surface area contributed by atoms with Gasteiger partial charge in [0.05, 0.1) is 13.1 Å². The van der Waals surface area contributed by atoms with E-state index in [1.165, 1.54) is 6.20 Å². The lowest BCUT2D eigenvalue weighted by molar-refractivity contribution is -0.389. The van der Waals surface area contributed by atoms with Crippen LogP contribution in [-0.2, 0) is 13.1 Å². The van der Waals surface area contributed by atoms with Crippen molar-refractivity contribution in [1.29, 1.82) is 0 Å². The Labute approximate surface area is 195 Å². The molecule has 0 unspecified atom stereocenters. The van der Waals surface area contributed by atoms with Gasteiger partial charge in [-0.1, -0.05) is 23.7 Å². The van der Waals surface area contributed by atoms with Crippen LogP contribution in [0.25, 0.3) is 0 Å². The van der Waals surface area contributed by atoms with Gasteiger partial charge in [-0.3, -0.25) is 14.3 Å². The Hall–Kier alpha value is -3.43. The lowest BCUT2D eigenvalue weighted by Crippen LogP contribution is -2.38. The largest absolute Gasteiger partial charge is 0.489 e. The van der Waals surface area contributed by atoms with Crippen molar-refractivity contribution >= 4 is 23.2 Å². The van der Waals surface area contributed by atoms with Gasteiger partial charge in [0.2, 0.25) is 0 Å². The van der Waals surface area contributed by atoms with Crippen molar-refractivity contribution in [3.05, 3.63) is 81.0 Å². The summed E-state index contributed by atoms with van der Waals surface area (Å²) in [6, 6.07) is 14.7. The van der Waals surface area contributed by atoms with Gasteiger partial charge in [0.1, 0.15) is 18.6 Å². The minimum atomic E-state index is -0.668. The average Bonchev–Trinajstić information content (AvgIpc) is 3.29. The third kappa shape index (κ3) is 5.50. The predicted octanol–water partition coefficient (Wildman–Crippen LogP) is 3.99. The second kappa shape index (κ2) is 9.21. The molecule has 10 heteroatoms. The van der Waals surface area contributed by atoms with E-state index in [1.54, 1.807) is 28.8 Å². The van der Waals surface area contributed by atoms with Crippen LogP contribution in [0, 0.1) is 10.1 Å². The molecule has 0 saturated heterocycles. The summed E-state index contributed by atoms with van der Waals surface area (Å²) in [4.78, 5) is 28.5. The number of carbonyl (C=O) groups is 1. The number of fused-ring (bicyclic) bond motifs is 1. The summed E-state index contributed by atoms with van der Waals surface area (Å²) >= 11 is 5.88. The molecule has 33 heavy (non-hydrogen) atoms. The van der Waals surface area contributed by atoms with Crippen LogP contribution >= 0.6 is 11.6 Å². The van der Waals surface area contributed by atoms with Gasteiger partial charge in [0, 0.05) is 22.1 Å². The first-order valence-electron chi connectivity index (χ1n) is 10.3. The number of benzene rings is 2. The maximum atomic E-state index is 12.4. The highest BCUT2D eigenvalue weighted by Crippen LogP contribution is 2.31. The summed E-state index contributed by atoms with van der Waals surface area (Å²) in [5, 5.41) is 11.4. The normalized spacial score (nSPS) is 17.0. The Morgan fingerprint density at radius 3 is 2.61 bits per heavy atom. The molecular weight excluding hydrogens is 448 g/mol. The van der Waals surface area contributed by atoms with E-state index in [1.807, 2.05) is 43.1 Å². The van der Waals surface area contributed by atoms with Crippen molar-refractivity contribution < 1.29 is 19.2 Å². The standard InChI is InChI=1S/C23H23ClN4O5/c1-23(14-27-13-21(28(30)31)25-22(27)33-23)15-32-19-9-3-16(4-10-19)11-26(2)12-20(29)17-5-7-18(24)8-6-17/h3-10,13H,11-12,14-15H2,1-2H3/t23-/m1/s1. The lowest BCUT2D eigenvalue weighted by Gasteiger charge is -2.22. The molecular formula is C23H23ClN4O5. The van der Waals surface area contributed by atoms with Crippen LogP contribution in [0.3, 0.4) is 0 Å². The number of ketones is 1. The predicted molar refractivity (Wildman–Crippen MR) is 122 cm³/mol. The summed E-state index contributed by atoms with van der Waals surface area (Å²) in [5.74, 6) is 0.478. The number of nitro groups is 1. The van der Waals surface area contributed by atoms with Gasteiger partial charge in [-0.2, -0.15) is 0 Å². The van der Waals surface area contributed by atoms with Gasteiger partial charge in [0.25, 0.3) is 0 Å². The van der Waals surface area contributed by atoms with E-state index < -0.39 is 10.5 Å². The first kappa shape index (κ1) is 22.8. The van der Waals surface area contributed by atoms with Gasteiger partial charge in [-0.05, 0) is 60.9 Å². The molecule has 0 aliphatic carbocycles. The van der Waals surface area contributed by atoms with Crippen molar-refractivity contribution in [2.75, 3.05) is 20.2 Å². The van der Waals surface area contributed by atoms with Crippen molar-refractivity contribution in [2.45, 2.75) is 25.6 Å². The molecule has 1 aliphatic heterocycles. The molecule has 1 atom stereocenters. The van der Waals surface area contributed by atoms with Crippen molar-refractivity contribution in [3.63, 3.8) is 0 Å². The molecule has 0 saturated carbocycles. The average molecular weight is 471 g/mol. The smallest absolute Gasteiger partial charge is 0.415 e. The Morgan fingerprint density at radius 1 is 1.27 bits per heavy atom. The van der Waals surface area contributed by atoms with Gasteiger partial charge in [0.15, 0.2) is 11.4 Å². The van der Waals surface area contributed by atoms with E-state index in [-0.39, 0.29) is 24.2 Å². The van der Waals surface area contributed by atoms with E-state index >= 15 is 0 Å². The molecule has 1 aliphatic rings. The minimum absolute atomic E-state index is 0.0317. The molecule has 2 aromatic carbocycles. The van der Waals surface area contributed by atoms with Gasteiger partial charge in [-0.15, -0.1) is 0 Å². The number of nitrogens with zero attached hydrogens (tertiary/aromatic N) is 4. The number of Topliss-reactive ketones (excluding diaryl/α,β-unsaturated/α-hetero) is 1. The van der Waals surface area contributed by atoms with Gasteiger partial charge in [-0.25, -0.2) is 0 Å². The van der Waals surface area contributed by atoms with E-state index in [9.17, 15) is 14.9 Å². The number of carbonyl (C=O) groups excluding carboxylic acids is 1. The third-order valence-corrected chi connectivity index (χ3v) is 5.51. The number of halogens is 1. The van der Waals surface area contributed by atoms with Crippen LogP contribution in [0.2, 0.25) is 5.02 Å². The zero-order valence-electron chi connectivity index (χ0n) is 18.2. The number of hydrogen-bond acceptors (Lipinski definition) is 7. The van der Waals surface area contributed by atoms with Crippen LogP contribution in [0.1, 0.15) is 22.8 Å². The number of aromatic nitrogens is 2. The molecule has 0 bridgehead atoms. The fraction of sp³-hybridized carbons (Fsp3) is 0.304. The van der Waals surface area contributed by atoms with Crippen molar-refractivity contribution in [1.82, 2.24) is 14.5 Å². The van der Waals surface area contributed by atoms with E-state index in [0.29, 0.717) is 36.0 Å². The maximum absolute atomic E-state index is 12.4. The van der Waals surface area contributed by atoms with Gasteiger partial charge < -0.3 is 19.6 Å². The number of hydrogen-bond donors (Lipinski definition) is 0. The van der Waals surface area contributed by atoms with E-state index in [2.05, 4.69) is 4.98 Å². The summed E-state index contributed by atoms with van der Waals surface area (Å²) in [6.45, 7) is 3.45. The molecule has 1 aromatic heterocycles. The molecule has 3 aromatic rings. The molecule has 0 radical (unpaired) electrons. The quantitative estimate of drug-likeness (QED) is 0.265. The minimum Gasteiger partial charge on any atom is -0.489 e. The number of rotatable bonds is 9. The molecule has 2 heterocycles. The number of ether oxygens (including phenoxy) is 2. The van der Waals surface area contributed by atoms with Crippen LogP contribution in [0.5, 0.6) is 11.8 Å². The second-order valence-electron chi connectivity index (χ2n) is 8.35. The molecule has 0 amide bonds. The second-order valence-corrected chi connectivity index (χ2v) is 8.79.